The molecular weight excluding hydrogens is 663 g/mol. The van der Waals surface area contributed by atoms with Gasteiger partial charge in [0.2, 0.25) is 0 Å². The molecule has 55 heavy (non-hydrogen) atoms. The third kappa shape index (κ3) is 4.59. The molecule has 0 saturated carbocycles. The van der Waals surface area contributed by atoms with E-state index in [-0.39, 0.29) is 11.3 Å². The predicted octanol–water partition coefficient (Wildman–Crippen LogP) is 12.9. The number of hydrogen-bond donors (Lipinski definition) is 0. The van der Waals surface area contributed by atoms with Gasteiger partial charge in [-0.25, -0.2) is 0 Å². The Bertz CT molecular complexity index is 2620. The number of fused-ring (bicyclic) bond motifs is 6. The first kappa shape index (κ1) is 32.3. The highest BCUT2D eigenvalue weighted by atomic mass is 15.1. The summed E-state index contributed by atoms with van der Waals surface area (Å²) in [6, 6.07) is 57.7. The van der Waals surface area contributed by atoms with Gasteiger partial charge >= 0.3 is 0 Å². The molecule has 1 nitrogen and oxygen atoms in total. The van der Waals surface area contributed by atoms with E-state index >= 15 is 0 Å². The lowest BCUT2D eigenvalue weighted by Gasteiger charge is -2.53. The van der Waals surface area contributed by atoms with Gasteiger partial charge in [-0.3, -0.25) is 0 Å². The third-order valence-corrected chi connectivity index (χ3v) is 13.3. The zero-order valence-electron chi connectivity index (χ0n) is 31.0. The van der Waals surface area contributed by atoms with E-state index in [2.05, 4.69) is 205 Å². The Labute approximate surface area is 325 Å². The molecule has 5 aliphatic rings. The van der Waals surface area contributed by atoms with Crippen LogP contribution in [0.15, 0.2) is 200 Å². The summed E-state index contributed by atoms with van der Waals surface area (Å²) in [7, 11) is 0. The summed E-state index contributed by atoms with van der Waals surface area (Å²) < 4.78 is 0. The minimum absolute atomic E-state index is 0.217. The summed E-state index contributed by atoms with van der Waals surface area (Å²) >= 11 is 0. The van der Waals surface area contributed by atoms with Crippen molar-refractivity contribution in [1.82, 2.24) is 0 Å². The Morgan fingerprint density at radius 2 is 1.22 bits per heavy atom. The van der Waals surface area contributed by atoms with Crippen LogP contribution in [0.25, 0.3) is 11.6 Å². The maximum Gasteiger partial charge on any atom is 0.0535 e. The van der Waals surface area contributed by atoms with E-state index in [1.165, 1.54) is 72.7 Å². The second-order valence-electron chi connectivity index (χ2n) is 15.8. The summed E-state index contributed by atoms with van der Waals surface area (Å²) in [4.78, 5) is 2.52. The number of allylic oxidation sites excluding steroid dienone is 9. The van der Waals surface area contributed by atoms with E-state index in [0.29, 0.717) is 5.92 Å². The number of hydrogen-bond acceptors (Lipinski definition) is 1. The second-order valence-corrected chi connectivity index (χ2v) is 15.8. The molecule has 0 fully saturated rings. The number of benzene rings is 6. The molecule has 6 aromatic carbocycles. The number of anilines is 2. The summed E-state index contributed by atoms with van der Waals surface area (Å²) in [5, 5.41) is 0. The fraction of sp³-hybridized carbons (Fsp3) is 0.148. The van der Waals surface area contributed by atoms with E-state index in [1.54, 1.807) is 0 Å². The van der Waals surface area contributed by atoms with E-state index in [0.717, 1.165) is 25.7 Å². The van der Waals surface area contributed by atoms with Gasteiger partial charge in [0.05, 0.1) is 10.8 Å². The third-order valence-electron chi connectivity index (χ3n) is 13.3. The SMILES string of the molecule is C1=CCC(C2(c3cccc(N(C4=Cc5ccccc5CC4)c4ccccc4)c3)c3ccccc3C3(c4ccccc4)c4c(cccc42)C2=CC=CCC23)C=C1. The fourth-order valence-electron chi connectivity index (χ4n) is 11.2. The van der Waals surface area contributed by atoms with Crippen LogP contribution in [0.2, 0.25) is 0 Å². The van der Waals surface area contributed by atoms with Crippen molar-refractivity contribution in [2.45, 2.75) is 36.5 Å². The van der Waals surface area contributed by atoms with E-state index in [9.17, 15) is 0 Å². The van der Waals surface area contributed by atoms with Gasteiger partial charge in [0.1, 0.15) is 0 Å². The monoisotopic (exact) mass is 705 g/mol. The molecule has 1 heteroatoms. The standard InChI is InChI=1S/C54H43N/c1-4-20-40(21-5-1)53(42-24-16-27-44(37-42)55(43-25-8-3-9-26-43)45-35-34-38-18-10-11-19-39(38)36-45)49-31-14-15-32-50(49)54(41-22-6-2-7-23-41)48-30-13-12-28-46(48)47-29-17-33-51(53)52(47)54/h1-20,22-29,31-33,36-37,40,48H,21,30,34-35H2. The zero-order chi connectivity index (χ0) is 36.4. The predicted molar refractivity (Wildman–Crippen MR) is 228 cm³/mol. The van der Waals surface area contributed by atoms with Gasteiger partial charge in [-0.1, -0.05) is 170 Å². The molecule has 5 aliphatic carbocycles. The first-order valence-corrected chi connectivity index (χ1v) is 20.0. The number of rotatable bonds is 6. The Morgan fingerprint density at radius 1 is 0.527 bits per heavy atom. The van der Waals surface area contributed by atoms with Crippen molar-refractivity contribution < 1.29 is 0 Å². The molecule has 0 saturated heterocycles. The molecule has 6 aromatic rings. The van der Waals surface area contributed by atoms with Crippen molar-refractivity contribution in [2.75, 3.05) is 4.90 Å². The molecule has 0 N–H and O–H groups in total. The molecule has 264 valence electrons. The Hall–Kier alpha value is -6.18. The molecule has 0 amide bonds. The molecule has 0 spiro atoms. The maximum absolute atomic E-state index is 2.54. The van der Waals surface area contributed by atoms with Crippen LogP contribution >= 0.6 is 0 Å². The largest absolute Gasteiger partial charge is 0.314 e. The Morgan fingerprint density at radius 3 is 2.05 bits per heavy atom. The number of aryl methyl sites for hydroxylation is 1. The molecule has 11 rings (SSSR count). The average Bonchev–Trinajstić information content (AvgIpc) is 3.57. The van der Waals surface area contributed by atoms with Crippen molar-refractivity contribution in [3.63, 3.8) is 0 Å². The fourth-order valence-corrected chi connectivity index (χ4v) is 11.2. The minimum Gasteiger partial charge on any atom is -0.314 e. The molecule has 0 bridgehead atoms. The van der Waals surface area contributed by atoms with Crippen molar-refractivity contribution in [1.29, 1.82) is 0 Å². The van der Waals surface area contributed by atoms with Gasteiger partial charge in [0.25, 0.3) is 0 Å². The molecule has 0 aliphatic heterocycles. The quantitative estimate of drug-likeness (QED) is 0.167. The highest BCUT2D eigenvalue weighted by Crippen LogP contribution is 2.68. The van der Waals surface area contributed by atoms with Gasteiger partial charge in [-0.2, -0.15) is 0 Å². The lowest BCUT2D eigenvalue weighted by molar-refractivity contribution is 0.389. The summed E-state index contributed by atoms with van der Waals surface area (Å²) in [5.74, 6) is 0.535. The van der Waals surface area contributed by atoms with Gasteiger partial charge in [0.15, 0.2) is 0 Å². The molecule has 4 atom stereocenters. The van der Waals surface area contributed by atoms with E-state index < -0.39 is 5.41 Å². The van der Waals surface area contributed by atoms with Crippen LogP contribution in [0.5, 0.6) is 0 Å². The maximum atomic E-state index is 2.54. The Balaban J connectivity index is 1.21. The number of nitrogens with zero attached hydrogens (tertiary/aromatic N) is 1. The van der Waals surface area contributed by atoms with Crippen LogP contribution in [0.1, 0.15) is 69.3 Å². The summed E-state index contributed by atoms with van der Waals surface area (Å²) in [6.45, 7) is 0. The van der Waals surface area contributed by atoms with Crippen LogP contribution < -0.4 is 4.90 Å². The smallest absolute Gasteiger partial charge is 0.0535 e. The van der Waals surface area contributed by atoms with Crippen LogP contribution in [-0.4, -0.2) is 0 Å². The topological polar surface area (TPSA) is 3.24 Å². The average molecular weight is 706 g/mol. The van der Waals surface area contributed by atoms with Gasteiger partial charge in [-0.05, 0) is 118 Å². The molecule has 0 aromatic heterocycles. The Kier molecular flexibility index (Phi) is 7.46. The minimum atomic E-state index is -0.436. The first-order valence-electron chi connectivity index (χ1n) is 20.0. The lowest BCUT2D eigenvalue weighted by Crippen LogP contribution is -2.49. The van der Waals surface area contributed by atoms with Crippen LogP contribution in [0.3, 0.4) is 0 Å². The second kappa shape index (κ2) is 12.7. The highest BCUT2D eigenvalue weighted by Gasteiger charge is 2.61. The van der Waals surface area contributed by atoms with Crippen LogP contribution in [-0.2, 0) is 17.3 Å². The first-order chi connectivity index (χ1) is 27.3. The van der Waals surface area contributed by atoms with Gasteiger partial charge in [0, 0.05) is 23.0 Å². The van der Waals surface area contributed by atoms with Crippen LogP contribution in [0.4, 0.5) is 11.4 Å². The molecule has 0 radical (unpaired) electrons. The van der Waals surface area contributed by atoms with E-state index in [4.69, 9.17) is 0 Å². The van der Waals surface area contributed by atoms with Crippen molar-refractivity contribution >= 4 is 23.0 Å². The van der Waals surface area contributed by atoms with E-state index in [1.807, 2.05) is 0 Å². The molecule has 0 heterocycles. The van der Waals surface area contributed by atoms with Gasteiger partial charge < -0.3 is 4.90 Å². The number of para-hydroxylation sites is 1. The molecular formula is C54H43N. The van der Waals surface area contributed by atoms with Gasteiger partial charge in [-0.15, -0.1) is 0 Å². The van der Waals surface area contributed by atoms with Crippen molar-refractivity contribution in [3.05, 3.63) is 250 Å². The highest BCUT2D eigenvalue weighted by molar-refractivity contribution is 5.89. The summed E-state index contributed by atoms with van der Waals surface area (Å²) in [6.07, 6.45) is 22.9. The van der Waals surface area contributed by atoms with Crippen LogP contribution in [0, 0.1) is 11.8 Å². The summed E-state index contributed by atoms with van der Waals surface area (Å²) in [5.41, 5.74) is 17.2. The molecule has 4 unspecified atom stereocenters. The van der Waals surface area contributed by atoms with Crippen molar-refractivity contribution in [2.24, 2.45) is 11.8 Å². The zero-order valence-corrected chi connectivity index (χ0v) is 31.0. The lowest BCUT2D eigenvalue weighted by atomic mass is 9.48. The van der Waals surface area contributed by atoms with Crippen molar-refractivity contribution in [3.8, 4) is 0 Å². The normalized spacial score (nSPS) is 23.9.